The van der Waals surface area contributed by atoms with E-state index < -0.39 is 7.82 Å². The monoisotopic (exact) mass is 762 g/mol. The van der Waals surface area contributed by atoms with E-state index in [1.54, 1.807) is 0 Å². The van der Waals surface area contributed by atoms with Crippen LogP contribution in [-0.4, -0.2) is 68.6 Å². The molecule has 0 fully saturated rings. The molecule has 0 aliphatic carbocycles. The van der Waals surface area contributed by atoms with Crippen molar-refractivity contribution in [2.24, 2.45) is 0 Å². The standard InChI is InChI=1S/C43H88NO7P/c1-4-7-10-13-16-23-30-39-48-43(46)34-27-20-18-21-28-35-44(37-38-45)36-29-22-19-26-33-42-51-52(47,49-40-31-24-15-12-9-6-3)50-41-32-25-17-14-11-8-5-2/h45H,4-42H2,1-3H3. The number of ether oxygens (including phenoxy) is 1. The number of hydrogen-bond acceptors (Lipinski definition) is 8. The molecule has 0 heterocycles. The van der Waals surface area contributed by atoms with Gasteiger partial charge in [0.05, 0.1) is 33.0 Å². The Kier molecular flexibility index (Phi) is 41.3. The van der Waals surface area contributed by atoms with Crippen LogP contribution in [0.4, 0.5) is 0 Å². The summed E-state index contributed by atoms with van der Waals surface area (Å²) in [6, 6.07) is 0. The first-order valence-electron chi connectivity index (χ1n) is 22.5. The van der Waals surface area contributed by atoms with Crippen LogP contribution < -0.4 is 0 Å². The molecule has 0 aromatic rings. The zero-order chi connectivity index (χ0) is 38.1. The fourth-order valence-electron chi connectivity index (χ4n) is 6.48. The zero-order valence-corrected chi connectivity index (χ0v) is 35.8. The van der Waals surface area contributed by atoms with Gasteiger partial charge >= 0.3 is 13.8 Å². The highest BCUT2D eigenvalue weighted by molar-refractivity contribution is 7.48. The number of nitrogens with zero attached hydrogens (tertiary/aromatic N) is 1. The highest BCUT2D eigenvalue weighted by Gasteiger charge is 2.26. The van der Waals surface area contributed by atoms with Crippen LogP contribution >= 0.6 is 7.82 Å². The van der Waals surface area contributed by atoms with E-state index in [9.17, 15) is 14.5 Å². The zero-order valence-electron chi connectivity index (χ0n) is 34.9. The van der Waals surface area contributed by atoms with Crippen molar-refractivity contribution in [1.29, 1.82) is 0 Å². The van der Waals surface area contributed by atoms with Gasteiger partial charge in [-0.3, -0.25) is 18.4 Å². The van der Waals surface area contributed by atoms with Crippen molar-refractivity contribution in [3.63, 3.8) is 0 Å². The van der Waals surface area contributed by atoms with Gasteiger partial charge in [0.15, 0.2) is 0 Å². The minimum atomic E-state index is -3.52. The maximum atomic E-state index is 13.4. The molecule has 1 unspecified atom stereocenters. The number of carbonyl (C=O) groups is 1. The number of aliphatic hydroxyl groups excluding tert-OH is 1. The number of unbranched alkanes of at least 4 members (excludes halogenated alkanes) is 25. The van der Waals surface area contributed by atoms with Crippen LogP contribution in [0.3, 0.4) is 0 Å². The van der Waals surface area contributed by atoms with Crippen LogP contribution in [0, 0.1) is 0 Å². The van der Waals surface area contributed by atoms with Crippen LogP contribution in [0.1, 0.15) is 220 Å². The van der Waals surface area contributed by atoms with Crippen molar-refractivity contribution in [3.05, 3.63) is 0 Å². The Morgan fingerprint density at radius 1 is 0.442 bits per heavy atom. The van der Waals surface area contributed by atoms with Crippen molar-refractivity contribution in [2.45, 2.75) is 220 Å². The third-order valence-electron chi connectivity index (χ3n) is 9.90. The number of hydrogen-bond donors (Lipinski definition) is 1. The molecule has 0 rings (SSSR count). The van der Waals surface area contributed by atoms with E-state index in [2.05, 4.69) is 25.7 Å². The lowest BCUT2D eigenvalue weighted by molar-refractivity contribution is -0.143. The molecule has 0 radical (unpaired) electrons. The SMILES string of the molecule is CCCCCCCCCOC(=O)CCCCCCCN(CCO)CCCCCCCOP(=O)(OCCCCCCCC)OCCCCCCCCC. The molecule has 1 N–H and O–H groups in total. The van der Waals surface area contributed by atoms with Gasteiger partial charge in [-0.1, -0.05) is 168 Å². The van der Waals surface area contributed by atoms with Gasteiger partial charge in [0.2, 0.25) is 0 Å². The molecule has 52 heavy (non-hydrogen) atoms. The van der Waals surface area contributed by atoms with Gasteiger partial charge in [-0.2, -0.15) is 0 Å². The molecule has 0 saturated carbocycles. The molecule has 0 aliphatic heterocycles. The molecule has 0 amide bonds. The van der Waals surface area contributed by atoms with Crippen molar-refractivity contribution in [2.75, 3.05) is 52.7 Å². The second kappa shape index (κ2) is 41.7. The van der Waals surface area contributed by atoms with Crippen LogP contribution in [0.2, 0.25) is 0 Å². The molecular formula is C43H88NO7P. The maximum Gasteiger partial charge on any atom is 0.474 e. The molecular weight excluding hydrogens is 673 g/mol. The number of phosphoric ester groups is 1. The van der Waals surface area contributed by atoms with Gasteiger partial charge in [0.1, 0.15) is 0 Å². The minimum Gasteiger partial charge on any atom is -0.466 e. The Bertz CT molecular complexity index is 772. The highest BCUT2D eigenvalue weighted by Crippen LogP contribution is 2.50. The molecule has 0 aromatic carbocycles. The van der Waals surface area contributed by atoms with Crippen LogP contribution in [-0.2, 0) is 27.7 Å². The molecule has 312 valence electrons. The summed E-state index contributed by atoms with van der Waals surface area (Å²) in [4.78, 5) is 14.4. The van der Waals surface area contributed by atoms with E-state index in [0.29, 0.717) is 32.8 Å². The average molecular weight is 762 g/mol. The smallest absolute Gasteiger partial charge is 0.466 e. The summed E-state index contributed by atoms with van der Waals surface area (Å²) in [5.74, 6) is -0.0384. The molecule has 0 saturated heterocycles. The van der Waals surface area contributed by atoms with Gasteiger partial charge in [-0.25, -0.2) is 4.57 Å². The fraction of sp³-hybridized carbons (Fsp3) is 0.977. The summed E-state index contributed by atoms with van der Waals surface area (Å²) in [5, 5.41) is 9.55. The number of phosphoric acid groups is 1. The first-order valence-corrected chi connectivity index (χ1v) is 24.0. The Morgan fingerprint density at radius 3 is 1.15 bits per heavy atom. The van der Waals surface area contributed by atoms with Gasteiger partial charge < -0.3 is 14.7 Å². The predicted octanol–water partition coefficient (Wildman–Crippen LogP) is 13.1. The second-order valence-electron chi connectivity index (χ2n) is 15.0. The number of esters is 1. The summed E-state index contributed by atoms with van der Waals surface area (Å²) in [5.41, 5.74) is 0. The summed E-state index contributed by atoms with van der Waals surface area (Å²) >= 11 is 0. The first-order chi connectivity index (χ1) is 25.5. The van der Waals surface area contributed by atoms with Crippen LogP contribution in [0.5, 0.6) is 0 Å². The topological polar surface area (TPSA) is 94.5 Å². The third kappa shape index (κ3) is 37.8. The Labute approximate surface area is 323 Å². The van der Waals surface area contributed by atoms with Crippen molar-refractivity contribution >= 4 is 13.8 Å². The van der Waals surface area contributed by atoms with E-state index in [0.717, 1.165) is 122 Å². The normalized spacial score (nSPS) is 12.9. The van der Waals surface area contributed by atoms with Gasteiger partial charge in [-0.15, -0.1) is 0 Å². The minimum absolute atomic E-state index is 0.0384. The van der Waals surface area contributed by atoms with E-state index >= 15 is 0 Å². The number of carbonyl (C=O) groups excluding carboxylic acids is 1. The van der Waals surface area contributed by atoms with Gasteiger partial charge in [0, 0.05) is 13.0 Å². The molecule has 0 aliphatic rings. The lowest BCUT2D eigenvalue weighted by atomic mass is 10.1. The lowest BCUT2D eigenvalue weighted by Gasteiger charge is -2.21. The molecule has 1 atom stereocenters. The first kappa shape index (κ1) is 51.5. The quantitative estimate of drug-likeness (QED) is 0.0372. The fourth-order valence-corrected chi connectivity index (χ4v) is 7.76. The molecule has 8 nitrogen and oxygen atoms in total. The number of aliphatic hydroxyl groups is 1. The van der Waals surface area contributed by atoms with Crippen LogP contribution in [0.15, 0.2) is 0 Å². The van der Waals surface area contributed by atoms with Crippen molar-refractivity contribution in [3.8, 4) is 0 Å². The summed E-state index contributed by atoms with van der Waals surface area (Å²) < 4.78 is 36.1. The predicted molar refractivity (Wildman–Crippen MR) is 220 cm³/mol. The van der Waals surface area contributed by atoms with E-state index in [1.807, 2.05) is 0 Å². The largest absolute Gasteiger partial charge is 0.474 e. The Morgan fingerprint density at radius 2 is 0.769 bits per heavy atom. The molecule has 0 spiro atoms. The Balaban J connectivity index is 4.04. The van der Waals surface area contributed by atoms with Crippen molar-refractivity contribution in [1.82, 2.24) is 4.90 Å². The van der Waals surface area contributed by atoms with Gasteiger partial charge in [0.25, 0.3) is 0 Å². The summed E-state index contributed by atoms with van der Waals surface area (Å²) in [6.45, 7) is 11.5. The third-order valence-corrected chi connectivity index (χ3v) is 11.4. The summed E-state index contributed by atoms with van der Waals surface area (Å²) in [6.07, 6.45) is 35.1. The molecule has 0 bridgehead atoms. The summed E-state index contributed by atoms with van der Waals surface area (Å²) in [7, 11) is -3.52. The highest BCUT2D eigenvalue weighted by atomic mass is 31.2. The number of rotatable bonds is 44. The second-order valence-corrected chi connectivity index (χ2v) is 16.7. The average Bonchev–Trinajstić information content (AvgIpc) is 3.14. The van der Waals surface area contributed by atoms with E-state index in [4.69, 9.17) is 18.3 Å². The van der Waals surface area contributed by atoms with Crippen LogP contribution in [0.25, 0.3) is 0 Å². The lowest BCUT2D eigenvalue weighted by Crippen LogP contribution is -2.29. The van der Waals surface area contributed by atoms with Crippen molar-refractivity contribution < 1.29 is 32.8 Å². The van der Waals surface area contributed by atoms with E-state index in [1.165, 1.54) is 89.9 Å². The Hall–Kier alpha value is -0.500. The van der Waals surface area contributed by atoms with E-state index in [-0.39, 0.29) is 12.6 Å². The molecule has 0 aromatic heterocycles. The van der Waals surface area contributed by atoms with Gasteiger partial charge in [-0.05, 0) is 58.0 Å². The maximum absolute atomic E-state index is 13.4. The molecule has 9 heteroatoms.